The summed E-state index contributed by atoms with van der Waals surface area (Å²) in [5, 5.41) is 9.73. The van der Waals surface area contributed by atoms with Gasteiger partial charge in [0.15, 0.2) is 5.82 Å². The van der Waals surface area contributed by atoms with Crippen LogP contribution in [-0.4, -0.2) is 23.2 Å². The number of aryl methyl sites for hydroxylation is 1. The standard InChI is InChI=1S/C19H19FN4O3/c1-11(19-22-12(2)24-27-19)21-15-7-8-17(26-3)16(10-15)23-18(25)13-5-4-6-14(20)9-13/h4-11,21H,1-3H3,(H,23,25)/t11-/m0/s1. The lowest BCUT2D eigenvalue weighted by Crippen LogP contribution is -2.13. The summed E-state index contributed by atoms with van der Waals surface area (Å²) in [4.78, 5) is 16.6. The van der Waals surface area contributed by atoms with Crippen molar-refractivity contribution in [1.29, 1.82) is 0 Å². The second-order valence-corrected chi connectivity index (χ2v) is 5.93. The average Bonchev–Trinajstić information content (AvgIpc) is 3.08. The van der Waals surface area contributed by atoms with Gasteiger partial charge in [-0.15, -0.1) is 0 Å². The van der Waals surface area contributed by atoms with Gasteiger partial charge in [0.2, 0.25) is 5.89 Å². The molecule has 1 atom stereocenters. The molecular weight excluding hydrogens is 351 g/mol. The summed E-state index contributed by atoms with van der Waals surface area (Å²) in [5.74, 6) is 0.566. The van der Waals surface area contributed by atoms with Crippen LogP contribution in [0.15, 0.2) is 47.0 Å². The van der Waals surface area contributed by atoms with E-state index in [4.69, 9.17) is 9.26 Å². The third-order valence-corrected chi connectivity index (χ3v) is 3.83. The Morgan fingerprint density at radius 3 is 2.74 bits per heavy atom. The van der Waals surface area contributed by atoms with Crippen LogP contribution in [0.4, 0.5) is 15.8 Å². The van der Waals surface area contributed by atoms with Crippen LogP contribution in [0.2, 0.25) is 0 Å². The van der Waals surface area contributed by atoms with E-state index < -0.39 is 11.7 Å². The molecule has 0 aliphatic heterocycles. The Hall–Kier alpha value is -3.42. The summed E-state index contributed by atoms with van der Waals surface area (Å²) in [7, 11) is 1.50. The summed E-state index contributed by atoms with van der Waals surface area (Å²) in [5.41, 5.74) is 1.38. The summed E-state index contributed by atoms with van der Waals surface area (Å²) in [6, 6.07) is 10.5. The van der Waals surface area contributed by atoms with E-state index in [1.165, 1.54) is 31.4 Å². The number of methoxy groups -OCH3 is 1. The molecule has 1 amide bonds. The van der Waals surface area contributed by atoms with E-state index in [1.54, 1.807) is 25.1 Å². The Morgan fingerprint density at radius 2 is 2.07 bits per heavy atom. The van der Waals surface area contributed by atoms with Gasteiger partial charge in [-0.1, -0.05) is 11.2 Å². The molecule has 7 nitrogen and oxygen atoms in total. The second-order valence-electron chi connectivity index (χ2n) is 5.93. The van der Waals surface area contributed by atoms with E-state index in [0.29, 0.717) is 28.8 Å². The highest BCUT2D eigenvalue weighted by Gasteiger charge is 2.15. The van der Waals surface area contributed by atoms with E-state index in [-0.39, 0.29) is 11.6 Å². The highest BCUT2D eigenvalue weighted by Crippen LogP contribution is 2.30. The molecular formula is C19H19FN4O3. The SMILES string of the molecule is COc1ccc(N[C@@H](C)c2nc(C)no2)cc1NC(=O)c1cccc(F)c1. The van der Waals surface area contributed by atoms with Crippen LogP contribution < -0.4 is 15.4 Å². The number of hydrogen-bond acceptors (Lipinski definition) is 6. The average molecular weight is 370 g/mol. The molecule has 0 saturated heterocycles. The van der Waals surface area contributed by atoms with Gasteiger partial charge in [-0.3, -0.25) is 4.79 Å². The molecule has 2 N–H and O–H groups in total. The third-order valence-electron chi connectivity index (χ3n) is 3.83. The molecule has 27 heavy (non-hydrogen) atoms. The number of aromatic nitrogens is 2. The second kappa shape index (κ2) is 7.86. The van der Waals surface area contributed by atoms with E-state index in [9.17, 15) is 9.18 Å². The lowest BCUT2D eigenvalue weighted by Gasteiger charge is -2.15. The summed E-state index contributed by atoms with van der Waals surface area (Å²) >= 11 is 0. The third kappa shape index (κ3) is 4.41. The maximum atomic E-state index is 13.3. The lowest BCUT2D eigenvalue weighted by atomic mass is 10.2. The fourth-order valence-corrected chi connectivity index (χ4v) is 2.52. The minimum atomic E-state index is -0.478. The number of carbonyl (C=O) groups excluding carboxylic acids is 1. The van der Waals surface area contributed by atoms with Gasteiger partial charge in [-0.25, -0.2) is 4.39 Å². The zero-order valence-electron chi connectivity index (χ0n) is 15.1. The van der Waals surface area contributed by atoms with Crippen molar-refractivity contribution in [2.45, 2.75) is 19.9 Å². The molecule has 8 heteroatoms. The van der Waals surface area contributed by atoms with E-state index in [0.717, 1.165) is 0 Å². The molecule has 0 spiro atoms. The van der Waals surface area contributed by atoms with Gasteiger partial charge in [-0.2, -0.15) is 4.98 Å². The first-order valence-corrected chi connectivity index (χ1v) is 8.28. The smallest absolute Gasteiger partial charge is 0.255 e. The number of carbonyl (C=O) groups is 1. The Balaban J connectivity index is 1.80. The normalized spacial score (nSPS) is 11.7. The minimum Gasteiger partial charge on any atom is -0.495 e. The van der Waals surface area contributed by atoms with Crippen molar-refractivity contribution >= 4 is 17.3 Å². The van der Waals surface area contributed by atoms with Crippen LogP contribution in [0.1, 0.15) is 35.0 Å². The molecule has 3 aromatic rings. The van der Waals surface area contributed by atoms with Gasteiger partial charge in [-0.05, 0) is 50.2 Å². The molecule has 3 rings (SSSR count). The van der Waals surface area contributed by atoms with Crippen molar-refractivity contribution < 1.29 is 18.4 Å². The number of nitrogens with one attached hydrogen (secondary N) is 2. The number of halogens is 1. The predicted octanol–water partition coefficient (Wildman–Crippen LogP) is 3.95. The number of ether oxygens (including phenoxy) is 1. The Labute approximate surface area is 155 Å². The maximum Gasteiger partial charge on any atom is 0.255 e. The Morgan fingerprint density at radius 1 is 1.26 bits per heavy atom. The highest BCUT2D eigenvalue weighted by atomic mass is 19.1. The van der Waals surface area contributed by atoms with Crippen LogP contribution in [0.25, 0.3) is 0 Å². The zero-order valence-corrected chi connectivity index (χ0v) is 15.1. The van der Waals surface area contributed by atoms with Crippen molar-refractivity contribution in [3.05, 3.63) is 65.6 Å². The minimum absolute atomic E-state index is 0.213. The molecule has 0 unspecified atom stereocenters. The van der Waals surface area contributed by atoms with Crippen LogP contribution in [0.5, 0.6) is 5.75 Å². The van der Waals surface area contributed by atoms with Gasteiger partial charge in [0.05, 0.1) is 12.8 Å². The van der Waals surface area contributed by atoms with Crippen molar-refractivity contribution in [1.82, 2.24) is 10.1 Å². The largest absolute Gasteiger partial charge is 0.495 e. The molecule has 1 aromatic heterocycles. The first-order chi connectivity index (χ1) is 13.0. The topological polar surface area (TPSA) is 89.3 Å². The van der Waals surface area contributed by atoms with Gasteiger partial charge >= 0.3 is 0 Å². The van der Waals surface area contributed by atoms with Gasteiger partial charge in [0, 0.05) is 11.3 Å². The fourth-order valence-electron chi connectivity index (χ4n) is 2.52. The number of nitrogens with zero attached hydrogens (tertiary/aromatic N) is 2. The van der Waals surface area contributed by atoms with E-state index in [2.05, 4.69) is 20.8 Å². The Bertz CT molecular complexity index is 958. The van der Waals surface area contributed by atoms with Gasteiger partial charge < -0.3 is 19.9 Å². The summed E-state index contributed by atoms with van der Waals surface area (Å²) < 4.78 is 23.8. The van der Waals surface area contributed by atoms with Gasteiger partial charge in [0.25, 0.3) is 5.91 Å². The number of amides is 1. The van der Waals surface area contributed by atoms with Gasteiger partial charge in [0.1, 0.15) is 17.6 Å². The first-order valence-electron chi connectivity index (χ1n) is 8.28. The number of hydrogen-bond donors (Lipinski definition) is 2. The van der Waals surface area contributed by atoms with Crippen LogP contribution in [0.3, 0.4) is 0 Å². The molecule has 0 fully saturated rings. The fraction of sp³-hybridized carbons (Fsp3) is 0.211. The molecule has 0 radical (unpaired) electrons. The monoisotopic (exact) mass is 370 g/mol. The molecule has 0 bridgehead atoms. The van der Waals surface area contributed by atoms with Crippen molar-refractivity contribution in [2.24, 2.45) is 0 Å². The first kappa shape index (κ1) is 18.4. The quantitative estimate of drug-likeness (QED) is 0.683. The molecule has 2 aromatic carbocycles. The van der Waals surface area contributed by atoms with Crippen molar-refractivity contribution in [2.75, 3.05) is 17.7 Å². The van der Waals surface area contributed by atoms with E-state index >= 15 is 0 Å². The van der Waals surface area contributed by atoms with E-state index in [1.807, 2.05) is 6.92 Å². The predicted molar refractivity (Wildman–Crippen MR) is 98.4 cm³/mol. The van der Waals surface area contributed by atoms with Crippen molar-refractivity contribution in [3.63, 3.8) is 0 Å². The zero-order chi connectivity index (χ0) is 19.4. The molecule has 0 aliphatic carbocycles. The number of anilines is 2. The molecule has 0 saturated carbocycles. The maximum absolute atomic E-state index is 13.3. The summed E-state index contributed by atoms with van der Waals surface area (Å²) in [6.45, 7) is 3.62. The highest BCUT2D eigenvalue weighted by molar-refractivity contribution is 6.05. The van der Waals surface area contributed by atoms with Crippen LogP contribution >= 0.6 is 0 Å². The Kier molecular flexibility index (Phi) is 5.35. The lowest BCUT2D eigenvalue weighted by molar-refractivity contribution is 0.102. The van der Waals surface area contributed by atoms with Crippen molar-refractivity contribution in [3.8, 4) is 5.75 Å². The molecule has 0 aliphatic rings. The van der Waals surface area contributed by atoms with Crippen LogP contribution in [-0.2, 0) is 0 Å². The number of rotatable bonds is 6. The number of benzene rings is 2. The van der Waals surface area contributed by atoms with Crippen LogP contribution in [0, 0.1) is 12.7 Å². The molecule has 1 heterocycles. The molecule has 140 valence electrons. The summed E-state index contributed by atoms with van der Waals surface area (Å²) in [6.07, 6.45) is 0.